The normalized spacial score (nSPS) is 11.5. The molecule has 0 spiro atoms. The lowest BCUT2D eigenvalue weighted by Crippen LogP contribution is -2.25. The summed E-state index contributed by atoms with van der Waals surface area (Å²) in [6, 6.07) is 12.3. The van der Waals surface area contributed by atoms with Gasteiger partial charge in [0.05, 0.1) is 23.9 Å². The van der Waals surface area contributed by atoms with Crippen molar-refractivity contribution in [3.63, 3.8) is 0 Å². The minimum absolute atomic E-state index is 0.0456. The monoisotopic (exact) mass is 460 g/mol. The Morgan fingerprint density at radius 2 is 1.94 bits per heavy atom. The second-order valence-corrected chi connectivity index (χ2v) is 7.82. The molecule has 1 amide bonds. The van der Waals surface area contributed by atoms with Crippen LogP contribution in [0.25, 0.3) is 22.2 Å². The Morgan fingerprint density at radius 1 is 1.18 bits per heavy atom. The Balaban J connectivity index is 1.79. The second-order valence-electron chi connectivity index (χ2n) is 7.82. The number of phenolic OH excluding ortho intramolecular Hbond substituents is 1. The molecular weight excluding hydrogens is 432 g/mol. The molecule has 9 nitrogen and oxygen atoms in total. The highest BCUT2D eigenvalue weighted by molar-refractivity contribution is 6.10. The molecule has 34 heavy (non-hydrogen) atoms. The number of benzene rings is 2. The summed E-state index contributed by atoms with van der Waals surface area (Å²) in [7, 11) is 0. The van der Waals surface area contributed by atoms with Crippen molar-refractivity contribution >= 4 is 40.1 Å². The number of fused-ring (bicyclic) bond motifs is 2. The maximum atomic E-state index is 13.1. The fraction of sp³-hybridized carbons (Fsp3) is 0.280. The van der Waals surface area contributed by atoms with Crippen LogP contribution in [-0.4, -0.2) is 45.0 Å². The maximum Gasteiger partial charge on any atom is 0.257 e. The lowest BCUT2D eigenvalue weighted by Gasteiger charge is -2.06. The molecule has 2 aromatic heterocycles. The van der Waals surface area contributed by atoms with Gasteiger partial charge >= 0.3 is 0 Å². The summed E-state index contributed by atoms with van der Waals surface area (Å²) < 4.78 is 6.86. The van der Waals surface area contributed by atoms with Crippen molar-refractivity contribution in [1.82, 2.24) is 20.0 Å². The highest BCUT2D eigenvalue weighted by atomic mass is 16.5. The first-order valence-electron chi connectivity index (χ1n) is 11.4. The summed E-state index contributed by atoms with van der Waals surface area (Å²) in [6.07, 6.45) is 4.54. The smallest absolute Gasteiger partial charge is 0.257 e. The third-order valence-electron chi connectivity index (χ3n) is 5.37. The number of amides is 1. The van der Waals surface area contributed by atoms with Gasteiger partial charge in [0.25, 0.3) is 5.91 Å². The number of hydrogen-bond acceptors (Lipinski definition) is 7. The summed E-state index contributed by atoms with van der Waals surface area (Å²) >= 11 is 0. The number of ether oxygens (including phenoxy) is 1. The van der Waals surface area contributed by atoms with Gasteiger partial charge in [0, 0.05) is 6.54 Å². The summed E-state index contributed by atoms with van der Waals surface area (Å²) in [5.74, 6) is 0.248. The molecule has 176 valence electrons. The number of unbranched alkanes of at least 4 members (excludes halogenated alkanes) is 2. The third-order valence-corrected chi connectivity index (χ3v) is 5.37. The fourth-order valence-electron chi connectivity index (χ4n) is 3.66. The van der Waals surface area contributed by atoms with Crippen molar-refractivity contribution in [1.29, 1.82) is 0 Å². The zero-order valence-corrected chi connectivity index (χ0v) is 19.3. The van der Waals surface area contributed by atoms with Crippen LogP contribution in [0.4, 0.5) is 5.82 Å². The molecule has 4 aromatic rings. The molecule has 0 aliphatic rings. The number of anilines is 1. The number of nitrogens with zero attached hydrogens (tertiary/aromatic N) is 4. The number of nitrogen functional groups attached to an aromatic ring is 1. The lowest BCUT2D eigenvalue weighted by molar-refractivity contribution is 0.0955. The number of phenols is 1. The van der Waals surface area contributed by atoms with E-state index in [0.717, 1.165) is 19.3 Å². The van der Waals surface area contributed by atoms with Crippen LogP contribution >= 0.6 is 0 Å². The van der Waals surface area contributed by atoms with Crippen LogP contribution in [0.3, 0.4) is 0 Å². The molecule has 2 aromatic carbocycles. The predicted octanol–water partition coefficient (Wildman–Crippen LogP) is 4.07. The van der Waals surface area contributed by atoms with Crippen molar-refractivity contribution in [2.45, 2.75) is 33.1 Å². The molecule has 2 heterocycles. The number of hydrogen-bond donors (Lipinski definition) is 3. The average molecular weight is 461 g/mol. The molecule has 0 saturated heterocycles. The largest absolute Gasteiger partial charge is 0.504 e. The Kier molecular flexibility index (Phi) is 6.91. The van der Waals surface area contributed by atoms with E-state index in [9.17, 15) is 9.90 Å². The number of nitrogens with two attached hydrogens (primary N) is 1. The van der Waals surface area contributed by atoms with E-state index in [1.807, 2.05) is 31.2 Å². The zero-order chi connectivity index (χ0) is 24.1. The van der Waals surface area contributed by atoms with Crippen LogP contribution in [0.15, 0.2) is 47.6 Å². The van der Waals surface area contributed by atoms with Gasteiger partial charge in [0.15, 0.2) is 17.1 Å². The van der Waals surface area contributed by atoms with Crippen molar-refractivity contribution in [3.8, 4) is 11.5 Å². The van der Waals surface area contributed by atoms with Crippen LogP contribution in [0.2, 0.25) is 0 Å². The van der Waals surface area contributed by atoms with Gasteiger partial charge in [-0.3, -0.25) is 4.79 Å². The number of para-hydroxylation sites is 2. The molecule has 0 atom stereocenters. The number of rotatable bonds is 9. The van der Waals surface area contributed by atoms with E-state index in [1.165, 1.54) is 10.7 Å². The third kappa shape index (κ3) is 4.63. The van der Waals surface area contributed by atoms with E-state index in [0.29, 0.717) is 46.7 Å². The molecule has 0 aliphatic carbocycles. The Hall–Kier alpha value is -4.14. The van der Waals surface area contributed by atoms with Crippen LogP contribution < -0.4 is 15.8 Å². The summed E-state index contributed by atoms with van der Waals surface area (Å²) in [5, 5.41) is 17.4. The van der Waals surface area contributed by atoms with Crippen LogP contribution in [0, 0.1) is 0 Å². The van der Waals surface area contributed by atoms with E-state index in [1.54, 1.807) is 18.3 Å². The second kappa shape index (κ2) is 10.2. The topological polar surface area (TPSA) is 128 Å². The van der Waals surface area contributed by atoms with E-state index in [4.69, 9.17) is 10.5 Å². The van der Waals surface area contributed by atoms with Crippen LogP contribution in [-0.2, 0) is 0 Å². The molecule has 0 aliphatic heterocycles. The van der Waals surface area contributed by atoms with Crippen LogP contribution in [0.5, 0.6) is 11.5 Å². The lowest BCUT2D eigenvalue weighted by atomic mass is 10.2. The molecule has 4 N–H and O–H groups in total. The first-order valence-corrected chi connectivity index (χ1v) is 11.4. The van der Waals surface area contributed by atoms with Crippen molar-refractivity contribution in [3.05, 3.63) is 53.6 Å². The van der Waals surface area contributed by atoms with E-state index in [2.05, 4.69) is 27.3 Å². The number of aromatic hydroxyl groups is 1. The van der Waals surface area contributed by atoms with Gasteiger partial charge in [-0.1, -0.05) is 31.9 Å². The minimum Gasteiger partial charge on any atom is -0.504 e. The fourth-order valence-corrected chi connectivity index (χ4v) is 3.66. The van der Waals surface area contributed by atoms with Crippen molar-refractivity contribution in [2.24, 2.45) is 5.10 Å². The SMILES string of the molecule is CCCCCNC(=O)c1c(N)n(/N=C\c2ccc(O)c(OCC)c2)c2nc3ccccc3nc12. The van der Waals surface area contributed by atoms with Crippen LogP contribution in [0.1, 0.15) is 49.0 Å². The molecule has 0 fully saturated rings. The Bertz CT molecular complexity index is 1360. The van der Waals surface area contributed by atoms with Gasteiger partial charge in [-0.2, -0.15) is 9.78 Å². The summed E-state index contributed by atoms with van der Waals surface area (Å²) in [4.78, 5) is 22.4. The van der Waals surface area contributed by atoms with Gasteiger partial charge in [-0.05, 0) is 49.2 Å². The highest BCUT2D eigenvalue weighted by Crippen LogP contribution is 2.29. The standard InChI is InChI=1S/C25H28N6O3/c1-3-5-8-13-27-25(33)21-22-24(30-18-10-7-6-9-17(18)29-22)31(23(21)26)28-15-16-11-12-19(32)20(14-16)34-4-2/h6-7,9-12,14-15,32H,3-5,8,13,26H2,1-2H3,(H,27,33)/b28-15-. The molecule has 9 heteroatoms. The molecule has 0 bridgehead atoms. The molecule has 4 rings (SSSR count). The predicted molar refractivity (Wildman–Crippen MR) is 134 cm³/mol. The van der Waals surface area contributed by atoms with Gasteiger partial charge in [0.2, 0.25) is 0 Å². The minimum atomic E-state index is -0.305. The van der Waals surface area contributed by atoms with Gasteiger partial charge in [-0.25, -0.2) is 9.97 Å². The van der Waals surface area contributed by atoms with Gasteiger partial charge in [-0.15, -0.1) is 0 Å². The van der Waals surface area contributed by atoms with Gasteiger partial charge < -0.3 is 20.9 Å². The first-order chi connectivity index (χ1) is 16.5. The van der Waals surface area contributed by atoms with E-state index >= 15 is 0 Å². The molecular formula is C25H28N6O3. The highest BCUT2D eigenvalue weighted by Gasteiger charge is 2.23. The molecule has 0 unspecified atom stereocenters. The maximum absolute atomic E-state index is 13.1. The Morgan fingerprint density at radius 3 is 2.68 bits per heavy atom. The number of nitrogens with one attached hydrogen (secondary N) is 1. The van der Waals surface area contributed by atoms with E-state index in [-0.39, 0.29) is 23.0 Å². The Labute approximate surface area is 197 Å². The quantitative estimate of drug-likeness (QED) is 0.255. The summed E-state index contributed by atoms with van der Waals surface area (Å²) in [6.45, 7) is 4.92. The van der Waals surface area contributed by atoms with E-state index < -0.39 is 0 Å². The average Bonchev–Trinajstić information content (AvgIpc) is 3.11. The summed E-state index contributed by atoms with van der Waals surface area (Å²) in [5.41, 5.74) is 9.46. The van der Waals surface area contributed by atoms with Crippen molar-refractivity contribution in [2.75, 3.05) is 18.9 Å². The number of aromatic nitrogens is 3. The zero-order valence-electron chi connectivity index (χ0n) is 19.3. The molecule has 0 saturated carbocycles. The number of carbonyl (C=O) groups excluding carboxylic acids is 1. The number of carbonyl (C=O) groups is 1. The van der Waals surface area contributed by atoms with Gasteiger partial charge in [0.1, 0.15) is 16.9 Å². The van der Waals surface area contributed by atoms with Crippen molar-refractivity contribution < 1.29 is 14.6 Å². The molecule has 0 radical (unpaired) electrons. The first kappa shape index (κ1) is 23.0.